The summed E-state index contributed by atoms with van der Waals surface area (Å²) in [4.78, 5) is 14.4. The van der Waals surface area contributed by atoms with Crippen molar-refractivity contribution in [3.63, 3.8) is 0 Å². The molecule has 1 unspecified atom stereocenters. The minimum absolute atomic E-state index is 0.0418. The second kappa shape index (κ2) is 4.96. The summed E-state index contributed by atoms with van der Waals surface area (Å²) in [5.41, 5.74) is 1.48. The van der Waals surface area contributed by atoms with Crippen molar-refractivity contribution in [2.75, 3.05) is 19.6 Å². The Morgan fingerprint density at radius 1 is 1.47 bits per heavy atom. The lowest BCUT2D eigenvalue weighted by Crippen LogP contribution is -2.52. The van der Waals surface area contributed by atoms with Gasteiger partial charge in [-0.15, -0.1) is 0 Å². The van der Waals surface area contributed by atoms with Crippen molar-refractivity contribution in [2.24, 2.45) is 0 Å². The van der Waals surface area contributed by atoms with Crippen molar-refractivity contribution in [3.05, 3.63) is 17.5 Å². The lowest BCUT2D eigenvalue weighted by molar-refractivity contribution is 0.0648. The van der Waals surface area contributed by atoms with Crippen LogP contribution in [0.4, 0.5) is 0 Å². The second-order valence-electron chi connectivity index (χ2n) is 6.31. The number of rotatable bonds is 1. The molecule has 2 heterocycles. The van der Waals surface area contributed by atoms with Gasteiger partial charge in [-0.25, -0.2) is 0 Å². The first-order chi connectivity index (χ1) is 8.80. The van der Waals surface area contributed by atoms with Crippen molar-refractivity contribution in [2.45, 2.75) is 46.2 Å². The summed E-state index contributed by atoms with van der Waals surface area (Å²) in [6.07, 6.45) is 0. The highest BCUT2D eigenvalue weighted by molar-refractivity contribution is 5.92. The molecule has 1 aliphatic rings. The first kappa shape index (κ1) is 14.1. The minimum atomic E-state index is -0.0995. The van der Waals surface area contributed by atoms with Crippen LogP contribution in [-0.4, -0.2) is 46.3 Å². The third-order valence-corrected chi connectivity index (χ3v) is 3.50. The van der Waals surface area contributed by atoms with Crippen LogP contribution in [0.15, 0.2) is 6.07 Å². The van der Waals surface area contributed by atoms with E-state index < -0.39 is 0 Å². The van der Waals surface area contributed by atoms with Gasteiger partial charge in [0.05, 0.1) is 5.54 Å². The molecule has 19 heavy (non-hydrogen) atoms. The van der Waals surface area contributed by atoms with E-state index in [1.54, 1.807) is 0 Å². The summed E-state index contributed by atoms with van der Waals surface area (Å²) < 4.78 is 1.92. The molecule has 1 saturated heterocycles. The average Bonchev–Trinajstić information content (AvgIpc) is 2.71. The summed E-state index contributed by atoms with van der Waals surface area (Å²) in [6.45, 7) is 12.8. The highest BCUT2D eigenvalue weighted by Crippen LogP contribution is 2.18. The van der Waals surface area contributed by atoms with Crippen LogP contribution in [0.3, 0.4) is 0 Å². The van der Waals surface area contributed by atoms with Gasteiger partial charge in [-0.1, -0.05) is 0 Å². The van der Waals surface area contributed by atoms with Gasteiger partial charge in [0, 0.05) is 31.4 Å². The van der Waals surface area contributed by atoms with Gasteiger partial charge >= 0.3 is 0 Å². The van der Waals surface area contributed by atoms with Crippen LogP contribution >= 0.6 is 0 Å². The smallest absolute Gasteiger partial charge is 0.274 e. The van der Waals surface area contributed by atoms with E-state index in [0.717, 1.165) is 25.3 Å². The monoisotopic (exact) mass is 264 g/mol. The Kier molecular flexibility index (Phi) is 3.67. The second-order valence-corrected chi connectivity index (χ2v) is 6.31. The molecule has 1 fully saturated rings. The number of carbonyl (C=O) groups is 1. The Hall–Kier alpha value is -1.36. The third-order valence-electron chi connectivity index (χ3n) is 3.50. The third kappa shape index (κ3) is 2.81. The molecule has 0 aromatic carbocycles. The fourth-order valence-electron chi connectivity index (χ4n) is 2.55. The molecule has 0 aliphatic carbocycles. The molecule has 1 amide bonds. The zero-order valence-electron chi connectivity index (χ0n) is 12.5. The maximum absolute atomic E-state index is 12.5. The number of aromatic nitrogens is 2. The van der Waals surface area contributed by atoms with Crippen LogP contribution in [0.5, 0.6) is 0 Å². The molecule has 2 rings (SSSR count). The fourth-order valence-corrected chi connectivity index (χ4v) is 2.55. The normalized spacial score (nSPS) is 20.7. The predicted molar refractivity (Wildman–Crippen MR) is 75.3 cm³/mol. The predicted octanol–water partition coefficient (Wildman–Crippen LogP) is 1.38. The Morgan fingerprint density at radius 3 is 2.68 bits per heavy atom. The van der Waals surface area contributed by atoms with Gasteiger partial charge in [-0.05, 0) is 40.7 Å². The molecule has 1 aromatic rings. The molecular formula is C14H24N4O. The number of nitrogens with zero attached hydrogens (tertiary/aromatic N) is 3. The lowest BCUT2D eigenvalue weighted by Gasteiger charge is -2.33. The topological polar surface area (TPSA) is 50.2 Å². The van der Waals surface area contributed by atoms with Crippen LogP contribution in [0, 0.1) is 6.92 Å². The van der Waals surface area contributed by atoms with Crippen LogP contribution in [-0.2, 0) is 5.54 Å². The molecule has 1 atom stereocenters. The molecule has 5 heteroatoms. The van der Waals surface area contributed by atoms with Gasteiger partial charge < -0.3 is 10.2 Å². The first-order valence-electron chi connectivity index (χ1n) is 6.89. The number of piperazine rings is 1. The highest BCUT2D eigenvalue weighted by Gasteiger charge is 2.27. The Labute approximate surface area is 115 Å². The van der Waals surface area contributed by atoms with E-state index in [9.17, 15) is 4.79 Å². The minimum Gasteiger partial charge on any atom is -0.332 e. The highest BCUT2D eigenvalue weighted by atomic mass is 16.2. The largest absolute Gasteiger partial charge is 0.332 e. The molecular weight excluding hydrogens is 240 g/mol. The number of nitrogens with one attached hydrogen (secondary N) is 1. The van der Waals surface area contributed by atoms with Gasteiger partial charge in [0.15, 0.2) is 5.69 Å². The number of carbonyl (C=O) groups excluding carboxylic acids is 1. The first-order valence-corrected chi connectivity index (χ1v) is 6.89. The number of amides is 1. The van der Waals surface area contributed by atoms with Gasteiger partial charge in [-0.3, -0.25) is 9.48 Å². The van der Waals surface area contributed by atoms with Crippen molar-refractivity contribution in [1.29, 1.82) is 0 Å². The van der Waals surface area contributed by atoms with Crippen molar-refractivity contribution in [1.82, 2.24) is 20.0 Å². The Balaban J connectivity index is 2.25. The van der Waals surface area contributed by atoms with E-state index in [4.69, 9.17) is 0 Å². The van der Waals surface area contributed by atoms with Gasteiger partial charge in [0.2, 0.25) is 0 Å². The molecule has 1 aliphatic heterocycles. The van der Waals surface area contributed by atoms with Gasteiger partial charge in [-0.2, -0.15) is 5.10 Å². The Bertz CT molecular complexity index is 472. The SMILES string of the molecule is Cc1cc(C(=O)N2CCNCC2C)nn1C(C)(C)C. The molecule has 0 bridgehead atoms. The van der Waals surface area contributed by atoms with E-state index in [-0.39, 0.29) is 17.5 Å². The van der Waals surface area contributed by atoms with E-state index in [2.05, 4.69) is 38.1 Å². The molecule has 0 spiro atoms. The molecule has 1 aromatic heterocycles. The summed E-state index contributed by atoms with van der Waals surface area (Å²) in [5, 5.41) is 7.79. The van der Waals surface area contributed by atoms with Crippen molar-refractivity contribution in [3.8, 4) is 0 Å². The fraction of sp³-hybridized carbons (Fsp3) is 0.714. The van der Waals surface area contributed by atoms with Crippen LogP contribution < -0.4 is 5.32 Å². The maximum Gasteiger partial charge on any atom is 0.274 e. The molecule has 106 valence electrons. The summed E-state index contributed by atoms with van der Waals surface area (Å²) >= 11 is 0. The van der Waals surface area contributed by atoms with Crippen LogP contribution in [0.25, 0.3) is 0 Å². The van der Waals surface area contributed by atoms with E-state index in [1.807, 2.05) is 22.6 Å². The molecule has 1 N–H and O–H groups in total. The zero-order valence-corrected chi connectivity index (χ0v) is 12.5. The summed E-state index contributed by atoms with van der Waals surface area (Å²) in [5.74, 6) is 0.0418. The zero-order chi connectivity index (χ0) is 14.2. The molecule has 5 nitrogen and oxygen atoms in total. The number of hydrogen-bond acceptors (Lipinski definition) is 3. The van der Waals surface area contributed by atoms with Crippen LogP contribution in [0.1, 0.15) is 43.9 Å². The number of hydrogen-bond donors (Lipinski definition) is 1. The van der Waals surface area contributed by atoms with Gasteiger partial charge in [0.25, 0.3) is 5.91 Å². The van der Waals surface area contributed by atoms with E-state index >= 15 is 0 Å². The van der Waals surface area contributed by atoms with E-state index in [1.165, 1.54) is 0 Å². The van der Waals surface area contributed by atoms with Crippen molar-refractivity contribution < 1.29 is 4.79 Å². The number of aryl methyl sites for hydroxylation is 1. The average molecular weight is 264 g/mol. The quantitative estimate of drug-likeness (QED) is 0.833. The molecule has 0 radical (unpaired) electrons. The van der Waals surface area contributed by atoms with Gasteiger partial charge in [0.1, 0.15) is 0 Å². The Morgan fingerprint density at radius 2 is 2.16 bits per heavy atom. The maximum atomic E-state index is 12.5. The lowest BCUT2D eigenvalue weighted by atomic mass is 10.1. The standard InChI is InChI=1S/C14H24N4O/c1-10-8-12(16-18(10)14(3,4)5)13(19)17-7-6-15-9-11(17)2/h8,11,15H,6-7,9H2,1-5H3. The summed E-state index contributed by atoms with van der Waals surface area (Å²) in [7, 11) is 0. The van der Waals surface area contributed by atoms with E-state index in [0.29, 0.717) is 5.69 Å². The summed E-state index contributed by atoms with van der Waals surface area (Å²) in [6, 6.07) is 2.11. The molecule has 0 saturated carbocycles. The van der Waals surface area contributed by atoms with Crippen molar-refractivity contribution >= 4 is 5.91 Å². The van der Waals surface area contributed by atoms with Crippen LogP contribution in [0.2, 0.25) is 0 Å².